The van der Waals surface area contributed by atoms with Crippen LogP contribution in [0.2, 0.25) is 0 Å². The lowest BCUT2D eigenvalue weighted by atomic mass is 10.1. The summed E-state index contributed by atoms with van der Waals surface area (Å²) >= 11 is 0. The summed E-state index contributed by atoms with van der Waals surface area (Å²) < 4.78 is 0. The van der Waals surface area contributed by atoms with Gasteiger partial charge in [0.05, 0.1) is 0 Å². The number of anilines is 2. The van der Waals surface area contributed by atoms with Gasteiger partial charge in [0.25, 0.3) is 0 Å². The minimum absolute atomic E-state index is 0.223. The summed E-state index contributed by atoms with van der Waals surface area (Å²) in [6.07, 6.45) is 0.953. The Morgan fingerprint density at radius 1 is 1.00 bits per heavy atom. The molecule has 2 N–H and O–H groups in total. The molecule has 0 aromatic heterocycles. The topological polar surface area (TPSA) is 41.1 Å². The van der Waals surface area contributed by atoms with Gasteiger partial charge in [-0.15, -0.1) is 0 Å². The Balaban J connectivity index is 2.01. The summed E-state index contributed by atoms with van der Waals surface area (Å²) in [7, 11) is 0. The predicted molar refractivity (Wildman–Crippen MR) is 79.6 cm³/mol. The van der Waals surface area contributed by atoms with Gasteiger partial charge in [0.2, 0.25) is 0 Å². The van der Waals surface area contributed by atoms with Gasteiger partial charge in [-0.2, -0.15) is 0 Å². The summed E-state index contributed by atoms with van der Waals surface area (Å²) in [4.78, 5) is 11.9. The van der Waals surface area contributed by atoms with Gasteiger partial charge in [0, 0.05) is 11.4 Å². The normalized spacial score (nSPS) is 10.0. The molecule has 0 aliphatic rings. The van der Waals surface area contributed by atoms with E-state index in [1.807, 2.05) is 55.5 Å². The van der Waals surface area contributed by atoms with Crippen molar-refractivity contribution < 1.29 is 4.79 Å². The van der Waals surface area contributed by atoms with Crippen LogP contribution in [-0.4, -0.2) is 6.03 Å². The van der Waals surface area contributed by atoms with E-state index in [-0.39, 0.29) is 6.03 Å². The number of aryl methyl sites for hydroxylation is 2. The fourth-order valence-corrected chi connectivity index (χ4v) is 1.89. The van der Waals surface area contributed by atoms with Crippen molar-refractivity contribution in [1.82, 2.24) is 0 Å². The number of amides is 2. The van der Waals surface area contributed by atoms with Gasteiger partial charge in [-0.05, 0) is 48.7 Å². The van der Waals surface area contributed by atoms with Gasteiger partial charge < -0.3 is 10.6 Å². The second kappa shape index (κ2) is 6.05. The molecular formula is C16H18N2O. The number of carbonyl (C=O) groups excluding carboxylic acids is 1. The van der Waals surface area contributed by atoms with Crippen molar-refractivity contribution in [3.63, 3.8) is 0 Å². The minimum atomic E-state index is -0.223. The third-order valence-electron chi connectivity index (χ3n) is 2.87. The van der Waals surface area contributed by atoms with Crippen molar-refractivity contribution >= 4 is 17.4 Å². The molecule has 3 nitrogen and oxygen atoms in total. The lowest BCUT2D eigenvalue weighted by Gasteiger charge is -2.09. The van der Waals surface area contributed by atoms with Crippen LogP contribution in [-0.2, 0) is 6.42 Å². The van der Waals surface area contributed by atoms with Crippen LogP contribution in [0.25, 0.3) is 0 Å². The van der Waals surface area contributed by atoms with Gasteiger partial charge in [0.15, 0.2) is 0 Å². The maximum Gasteiger partial charge on any atom is 0.323 e. The number of nitrogens with one attached hydrogen (secondary N) is 2. The van der Waals surface area contributed by atoms with Gasteiger partial charge in [0.1, 0.15) is 0 Å². The molecule has 0 aliphatic heterocycles. The molecule has 0 bridgehead atoms. The van der Waals surface area contributed by atoms with Crippen LogP contribution in [0.4, 0.5) is 16.2 Å². The molecule has 0 atom stereocenters. The molecule has 0 unspecified atom stereocenters. The highest BCUT2D eigenvalue weighted by molar-refractivity contribution is 5.99. The van der Waals surface area contributed by atoms with Gasteiger partial charge in [-0.1, -0.05) is 31.2 Å². The fraction of sp³-hybridized carbons (Fsp3) is 0.188. The monoisotopic (exact) mass is 254 g/mol. The highest BCUT2D eigenvalue weighted by Crippen LogP contribution is 2.13. The van der Waals surface area contributed by atoms with Gasteiger partial charge >= 0.3 is 6.03 Å². The molecule has 0 heterocycles. The van der Waals surface area contributed by atoms with E-state index in [0.29, 0.717) is 0 Å². The first-order valence-corrected chi connectivity index (χ1v) is 6.41. The first-order chi connectivity index (χ1) is 9.17. The Bertz CT molecular complexity index is 578. The summed E-state index contributed by atoms with van der Waals surface area (Å²) in [6, 6.07) is 15.3. The second-order valence-corrected chi connectivity index (χ2v) is 4.50. The van der Waals surface area contributed by atoms with Crippen molar-refractivity contribution in [2.24, 2.45) is 0 Å². The number of benzene rings is 2. The molecular weight excluding hydrogens is 236 g/mol. The average molecular weight is 254 g/mol. The van der Waals surface area contributed by atoms with E-state index < -0.39 is 0 Å². The maximum absolute atomic E-state index is 11.9. The van der Waals surface area contributed by atoms with E-state index >= 15 is 0 Å². The van der Waals surface area contributed by atoms with E-state index in [2.05, 4.69) is 17.6 Å². The Morgan fingerprint density at radius 3 is 2.26 bits per heavy atom. The molecule has 98 valence electrons. The molecule has 0 saturated carbocycles. The van der Waals surface area contributed by atoms with Crippen LogP contribution >= 0.6 is 0 Å². The van der Waals surface area contributed by atoms with E-state index in [0.717, 1.165) is 23.4 Å². The summed E-state index contributed by atoms with van der Waals surface area (Å²) in [5, 5.41) is 5.65. The van der Waals surface area contributed by atoms with E-state index in [1.165, 1.54) is 5.56 Å². The molecule has 19 heavy (non-hydrogen) atoms. The summed E-state index contributed by atoms with van der Waals surface area (Å²) in [6.45, 7) is 4.08. The Kier molecular flexibility index (Phi) is 4.18. The van der Waals surface area contributed by atoms with Crippen LogP contribution in [0.1, 0.15) is 18.1 Å². The Labute approximate surface area is 113 Å². The zero-order chi connectivity index (χ0) is 13.7. The molecule has 0 fully saturated rings. The molecule has 2 rings (SSSR count). The first-order valence-electron chi connectivity index (χ1n) is 6.41. The van der Waals surface area contributed by atoms with Gasteiger partial charge in [-0.25, -0.2) is 4.79 Å². The first kappa shape index (κ1) is 13.1. The highest BCUT2D eigenvalue weighted by atomic mass is 16.2. The largest absolute Gasteiger partial charge is 0.323 e. The third kappa shape index (κ3) is 3.85. The van der Waals surface area contributed by atoms with Crippen LogP contribution in [0.3, 0.4) is 0 Å². The molecule has 2 aromatic carbocycles. The quantitative estimate of drug-likeness (QED) is 0.846. The minimum Gasteiger partial charge on any atom is -0.308 e. The highest BCUT2D eigenvalue weighted by Gasteiger charge is 2.03. The number of carbonyl (C=O) groups is 1. The van der Waals surface area contributed by atoms with Crippen LogP contribution in [0.15, 0.2) is 48.5 Å². The average Bonchev–Trinajstić information content (AvgIpc) is 2.38. The van der Waals surface area contributed by atoms with E-state index in [9.17, 15) is 4.79 Å². The lowest BCUT2D eigenvalue weighted by Crippen LogP contribution is -2.19. The van der Waals surface area contributed by atoms with Crippen LogP contribution < -0.4 is 10.6 Å². The number of urea groups is 1. The third-order valence-corrected chi connectivity index (χ3v) is 2.87. The molecule has 0 spiro atoms. The SMILES string of the molecule is CCc1cccc(NC(=O)Nc2cccc(C)c2)c1. The van der Waals surface area contributed by atoms with Crippen LogP contribution in [0, 0.1) is 6.92 Å². The maximum atomic E-state index is 11.9. The van der Waals surface area contributed by atoms with E-state index in [4.69, 9.17) is 0 Å². The molecule has 2 amide bonds. The smallest absolute Gasteiger partial charge is 0.308 e. The van der Waals surface area contributed by atoms with E-state index in [1.54, 1.807) is 0 Å². The Morgan fingerprint density at radius 2 is 1.63 bits per heavy atom. The second-order valence-electron chi connectivity index (χ2n) is 4.50. The Hall–Kier alpha value is -2.29. The summed E-state index contributed by atoms with van der Waals surface area (Å²) in [5.41, 5.74) is 3.92. The standard InChI is InChI=1S/C16H18N2O/c1-3-13-7-5-9-15(11-13)18-16(19)17-14-8-4-6-12(2)10-14/h4-11H,3H2,1-2H3,(H2,17,18,19). The molecule has 0 aliphatic carbocycles. The zero-order valence-corrected chi connectivity index (χ0v) is 11.2. The lowest BCUT2D eigenvalue weighted by molar-refractivity contribution is 0.262. The van der Waals surface area contributed by atoms with Crippen molar-refractivity contribution in [3.05, 3.63) is 59.7 Å². The van der Waals surface area contributed by atoms with Crippen molar-refractivity contribution in [2.75, 3.05) is 10.6 Å². The number of hydrogen-bond acceptors (Lipinski definition) is 1. The van der Waals surface area contributed by atoms with Crippen molar-refractivity contribution in [2.45, 2.75) is 20.3 Å². The molecule has 2 aromatic rings. The molecule has 0 saturated heterocycles. The number of hydrogen-bond donors (Lipinski definition) is 2. The summed E-state index contributed by atoms with van der Waals surface area (Å²) in [5.74, 6) is 0. The van der Waals surface area contributed by atoms with Crippen molar-refractivity contribution in [1.29, 1.82) is 0 Å². The number of rotatable bonds is 3. The predicted octanol–water partition coefficient (Wildman–Crippen LogP) is 4.20. The fourth-order valence-electron chi connectivity index (χ4n) is 1.89. The van der Waals surface area contributed by atoms with Crippen molar-refractivity contribution in [3.8, 4) is 0 Å². The zero-order valence-electron chi connectivity index (χ0n) is 11.2. The molecule has 0 radical (unpaired) electrons. The molecule has 3 heteroatoms. The van der Waals surface area contributed by atoms with Gasteiger partial charge in [-0.3, -0.25) is 0 Å². The van der Waals surface area contributed by atoms with Crippen LogP contribution in [0.5, 0.6) is 0 Å².